The van der Waals surface area contributed by atoms with Gasteiger partial charge in [0.05, 0.1) is 18.2 Å². The second-order valence-electron chi connectivity index (χ2n) is 5.65. The largest absolute Gasteiger partial charge is 0.490 e. The van der Waals surface area contributed by atoms with Gasteiger partial charge in [0.1, 0.15) is 12.4 Å². The van der Waals surface area contributed by atoms with E-state index in [1.807, 2.05) is 42.3 Å². The number of benzene rings is 2. The first kappa shape index (κ1) is 18.2. The van der Waals surface area contributed by atoms with Crippen LogP contribution in [-0.2, 0) is 11.3 Å². The van der Waals surface area contributed by atoms with Gasteiger partial charge in [-0.25, -0.2) is 0 Å². The lowest BCUT2D eigenvalue weighted by atomic mass is 10.2. The van der Waals surface area contributed by atoms with Gasteiger partial charge in [-0.05, 0) is 49.0 Å². The fourth-order valence-corrected chi connectivity index (χ4v) is 2.29. The van der Waals surface area contributed by atoms with E-state index >= 15 is 0 Å². The molecule has 0 saturated carbocycles. The van der Waals surface area contributed by atoms with Crippen LogP contribution >= 0.6 is 0 Å². The molecule has 0 aliphatic carbocycles. The van der Waals surface area contributed by atoms with Gasteiger partial charge in [0, 0.05) is 12.2 Å². The van der Waals surface area contributed by atoms with Crippen LogP contribution in [0.3, 0.4) is 0 Å². The zero-order chi connectivity index (χ0) is 18.1. The van der Waals surface area contributed by atoms with Gasteiger partial charge in [-0.15, -0.1) is 0 Å². The van der Waals surface area contributed by atoms with Crippen LogP contribution in [0.15, 0.2) is 61.2 Å². The number of nitriles is 1. The van der Waals surface area contributed by atoms with Crippen LogP contribution in [-0.4, -0.2) is 31.0 Å². The zero-order valence-corrected chi connectivity index (χ0v) is 14.2. The number of rotatable bonds is 8. The molecular formula is C20H21N3O2. The molecule has 5 nitrogen and oxygen atoms in total. The van der Waals surface area contributed by atoms with Crippen molar-refractivity contribution >= 4 is 11.6 Å². The van der Waals surface area contributed by atoms with E-state index in [0.29, 0.717) is 24.4 Å². The number of ether oxygens (including phenoxy) is 1. The molecule has 0 fully saturated rings. The van der Waals surface area contributed by atoms with E-state index in [-0.39, 0.29) is 12.5 Å². The summed E-state index contributed by atoms with van der Waals surface area (Å²) in [5.74, 6) is 0.697. The van der Waals surface area contributed by atoms with Gasteiger partial charge in [0.15, 0.2) is 0 Å². The molecule has 0 aliphatic heterocycles. The molecule has 1 amide bonds. The SMILES string of the molecule is C=CCOc1ccc(CN(C)CC(=O)Nc2ccc(C#N)cc2)cc1. The van der Waals surface area contributed by atoms with Crippen LogP contribution in [0.2, 0.25) is 0 Å². The van der Waals surface area contributed by atoms with Crippen molar-refractivity contribution in [2.45, 2.75) is 6.54 Å². The van der Waals surface area contributed by atoms with Crippen LogP contribution in [0.4, 0.5) is 5.69 Å². The molecule has 2 aromatic carbocycles. The first-order valence-electron chi connectivity index (χ1n) is 7.92. The summed E-state index contributed by atoms with van der Waals surface area (Å²) < 4.78 is 5.45. The van der Waals surface area contributed by atoms with Gasteiger partial charge in [-0.1, -0.05) is 24.8 Å². The molecule has 0 unspecified atom stereocenters. The fraction of sp³-hybridized carbons (Fsp3) is 0.200. The fourth-order valence-electron chi connectivity index (χ4n) is 2.29. The Morgan fingerprint density at radius 2 is 1.92 bits per heavy atom. The maximum atomic E-state index is 12.1. The van der Waals surface area contributed by atoms with Gasteiger partial charge in [0.25, 0.3) is 0 Å². The first-order chi connectivity index (χ1) is 12.1. The molecular weight excluding hydrogens is 314 g/mol. The molecule has 0 spiro atoms. The number of anilines is 1. The monoisotopic (exact) mass is 335 g/mol. The second-order valence-corrected chi connectivity index (χ2v) is 5.65. The van der Waals surface area contributed by atoms with Gasteiger partial charge in [-0.2, -0.15) is 5.26 Å². The average molecular weight is 335 g/mol. The van der Waals surface area contributed by atoms with Crippen molar-refractivity contribution in [1.29, 1.82) is 5.26 Å². The van der Waals surface area contributed by atoms with E-state index in [2.05, 4.69) is 11.9 Å². The number of nitrogens with one attached hydrogen (secondary N) is 1. The predicted molar refractivity (Wildman–Crippen MR) is 98.3 cm³/mol. The highest BCUT2D eigenvalue weighted by atomic mass is 16.5. The summed E-state index contributed by atoms with van der Waals surface area (Å²) in [4.78, 5) is 14.0. The smallest absolute Gasteiger partial charge is 0.238 e. The molecule has 0 aromatic heterocycles. The van der Waals surface area contributed by atoms with Gasteiger partial charge in [-0.3, -0.25) is 9.69 Å². The molecule has 2 rings (SSSR count). The summed E-state index contributed by atoms with van der Waals surface area (Å²) in [6, 6.07) is 16.6. The van der Waals surface area contributed by atoms with Crippen LogP contribution in [0.5, 0.6) is 5.75 Å². The Morgan fingerprint density at radius 3 is 2.52 bits per heavy atom. The normalized spacial score (nSPS) is 10.1. The lowest BCUT2D eigenvalue weighted by molar-refractivity contribution is -0.117. The second kappa shape index (κ2) is 9.26. The third-order valence-electron chi connectivity index (χ3n) is 3.45. The maximum absolute atomic E-state index is 12.1. The van der Waals surface area contributed by atoms with Crippen LogP contribution in [0, 0.1) is 11.3 Å². The molecule has 0 aliphatic rings. The number of nitrogens with zero attached hydrogens (tertiary/aromatic N) is 2. The minimum absolute atomic E-state index is 0.0989. The lowest BCUT2D eigenvalue weighted by Crippen LogP contribution is -2.29. The van der Waals surface area contributed by atoms with E-state index in [9.17, 15) is 4.79 Å². The van der Waals surface area contributed by atoms with Gasteiger partial charge >= 0.3 is 0 Å². The van der Waals surface area contributed by atoms with E-state index < -0.39 is 0 Å². The Labute approximate surface area is 148 Å². The summed E-state index contributed by atoms with van der Waals surface area (Å²) in [7, 11) is 1.89. The molecule has 0 atom stereocenters. The summed E-state index contributed by atoms with van der Waals surface area (Å²) in [6.45, 7) is 5.02. The number of carbonyl (C=O) groups excluding carboxylic acids is 1. The third-order valence-corrected chi connectivity index (χ3v) is 3.45. The van der Waals surface area contributed by atoms with E-state index in [1.165, 1.54) is 0 Å². The zero-order valence-electron chi connectivity index (χ0n) is 14.2. The highest BCUT2D eigenvalue weighted by Crippen LogP contribution is 2.13. The summed E-state index contributed by atoms with van der Waals surface area (Å²) in [5.41, 5.74) is 2.34. The Balaban J connectivity index is 1.82. The molecule has 1 N–H and O–H groups in total. The molecule has 0 radical (unpaired) electrons. The van der Waals surface area contributed by atoms with Crippen molar-refractivity contribution in [2.75, 3.05) is 25.5 Å². The minimum atomic E-state index is -0.0989. The maximum Gasteiger partial charge on any atom is 0.238 e. The third kappa shape index (κ3) is 6.13. The quantitative estimate of drug-likeness (QED) is 0.753. The minimum Gasteiger partial charge on any atom is -0.490 e. The highest BCUT2D eigenvalue weighted by molar-refractivity contribution is 5.92. The van der Waals surface area contributed by atoms with Crippen molar-refractivity contribution in [3.8, 4) is 11.8 Å². The van der Waals surface area contributed by atoms with Crippen LogP contribution < -0.4 is 10.1 Å². The van der Waals surface area contributed by atoms with Crippen molar-refractivity contribution < 1.29 is 9.53 Å². The van der Waals surface area contributed by atoms with E-state index in [0.717, 1.165) is 11.3 Å². The number of likely N-dealkylation sites (N-methyl/N-ethyl adjacent to an activating group) is 1. The van der Waals surface area contributed by atoms with Gasteiger partial charge in [0.2, 0.25) is 5.91 Å². The van der Waals surface area contributed by atoms with E-state index in [1.54, 1.807) is 30.3 Å². The Morgan fingerprint density at radius 1 is 1.24 bits per heavy atom. The first-order valence-corrected chi connectivity index (χ1v) is 7.92. The van der Waals surface area contributed by atoms with Crippen molar-refractivity contribution in [2.24, 2.45) is 0 Å². The van der Waals surface area contributed by atoms with Gasteiger partial charge < -0.3 is 10.1 Å². The predicted octanol–water partition coefficient (Wildman–Crippen LogP) is 3.19. The molecule has 25 heavy (non-hydrogen) atoms. The highest BCUT2D eigenvalue weighted by Gasteiger charge is 2.08. The standard InChI is InChI=1S/C20H21N3O2/c1-3-12-25-19-10-6-17(7-11-19)14-23(2)15-20(24)22-18-8-4-16(13-21)5-9-18/h3-11H,1,12,14-15H2,2H3,(H,22,24). The van der Waals surface area contributed by atoms with E-state index in [4.69, 9.17) is 10.00 Å². The van der Waals surface area contributed by atoms with Crippen molar-refractivity contribution in [1.82, 2.24) is 4.90 Å². The summed E-state index contributed by atoms with van der Waals surface area (Å²) in [5, 5.41) is 11.6. The summed E-state index contributed by atoms with van der Waals surface area (Å²) in [6.07, 6.45) is 1.70. The molecule has 0 saturated heterocycles. The number of hydrogen-bond acceptors (Lipinski definition) is 4. The topological polar surface area (TPSA) is 65.4 Å². The number of amides is 1. The summed E-state index contributed by atoms with van der Waals surface area (Å²) >= 11 is 0. The van der Waals surface area contributed by atoms with Crippen LogP contribution in [0.1, 0.15) is 11.1 Å². The molecule has 5 heteroatoms. The molecule has 0 heterocycles. The number of hydrogen-bond donors (Lipinski definition) is 1. The molecule has 128 valence electrons. The Bertz CT molecular complexity index is 746. The lowest BCUT2D eigenvalue weighted by Gasteiger charge is -2.16. The van der Waals surface area contributed by atoms with Crippen molar-refractivity contribution in [3.63, 3.8) is 0 Å². The van der Waals surface area contributed by atoms with Crippen LogP contribution in [0.25, 0.3) is 0 Å². The Hall–Kier alpha value is -3.10. The number of carbonyl (C=O) groups is 1. The molecule has 0 bridgehead atoms. The average Bonchev–Trinajstić information content (AvgIpc) is 2.61. The van der Waals surface area contributed by atoms with Crippen molar-refractivity contribution in [3.05, 3.63) is 72.3 Å². The molecule has 2 aromatic rings. The Kier molecular flexibility index (Phi) is 6.76.